The number of carbonyl (C=O) groups is 2. The molecule has 2 aromatic heterocycles. The molecule has 30 heavy (non-hydrogen) atoms. The minimum Gasteiger partial charge on any atom is -0.494 e. The number of para-hydroxylation sites is 1. The fourth-order valence-electron chi connectivity index (χ4n) is 3.03. The van der Waals surface area contributed by atoms with Crippen LogP contribution >= 0.6 is 0 Å². The lowest BCUT2D eigenvalue weighted by molar-refractivity contribution is 0.0476. The fourth-order valence-corrected chi connectivity index (χ4v) is 3.03. The van der Waals surface area contributed by atoms with Crippen molar-refractivity contribution in [3.63, 3.8) is 0 Å². The van der Waals surface area contributed by atoms with Crippen LogP contribution in [0, 0.1) is 5.82 Å². The van der Waals surface area contributed by atoms with Crippen molar-refractivity contribution in [3.8, 4) is 17.2 Å². The summed E-state index contributed by atoms with van der Waals surface area (Å²) in [7, 11) is 1.33. The first-order valence-electron chi connectivity index (χ1n) is 9.04. The summed E-state index contributed by atoms with van der Waals surface area (Å²) in [5, 5.41) is 0.584. The van der Waals surface area contributed by atoms with E-state index in [0.717, 1.165) is 6.07 Å². The molecular formula is C23H16FNO5. The van der Waals surface area contributed by atoms with Crippen LogP contribution in [0.15, 0.2) is 71.3 Å². The van der Waals surface area contributed by atoms with Crippen molar-refractivity contribution in [2.45, 2.75) is 0 Å². The summed E-state index contributed by atoms with van der Waals surface area (Å²) in [5.74, 6) is -1.37. The molecule has 4 rings (SSSR count). The Morgan fingerprint density at radius 1 is 1.07 bits per heavy atom. The Bertz CT molecular complexity index is 1230. The highest BCUT2D eigenvalue weighted by Gasteiger charge is 2.18. The highest BCUT2D eigenvalue weighted by Crippen LogP contribution is 2.26. The van der Waals surface area contributed by atoms with Gasteiger partial charge in [0.05, 0.1) is 24.5 Å². The normalized spacial score (nSPS) is 10.7. The molecule has 0 fully saturated rings. The van der Waals surface area contributed by atoms with Crippen LogP contribution in [0.5, 0.6) is 5.75 Å². The average Bonchev–Trinajstić information content (AvgIpc) is 3.31. The molecule has 0 aliphatic carbocycles. The van der Waals surface area contributed by atoms with E-state index in [1.165, 1.54) is 25.5 Å². The largest absolute Gasteiger partial charge is 0.494 e. The van der Waals surface area contributed by atoms with Crippen molar-refractivity contribution >= 4 is 22.7 Å². The van der Waals surface area contributed by atoms with Crippen LogP contribution < -0.4 is 4.74 Å². The molecule has 0 aliphatic heterocycles. The monoisotopic (exact) mass is 405 g/mol. The molecule has 0 N–H and O–H groups in total. The maximum absolute atomic E-state index is 13.8. The van der Waals surface area contributed by atoms with Crippen LogP contribution in [0.25, 0.3) is 22.4 Å². The zero-order valence-corrected chi connectivity index (χ0v) is 15.9. The van der Waals surface area contributed by atoms with E-state index in [9.17, 15) is 14.0 Å². The van der Waals surface area contributed by atoms with Gasteiger partial charge < -0.3 is 13.9 Å². The maximum atomic E-state index is 13.8. The number of Topliss-reactive ketones (excluding diaryl/α,β-unsaturated/α-hetero) is 1. The molecule has 0 aliphatic rings. The fraction of sp³-hybridized carbons (Fsp3) is 0.0870. The van der Waals surface area contributed by atoms with E-state index in [1.54, 1.807) is 42.5 Å². The first kappa shape index (κ1) is 19.3. The summed E-state index contributed by atoms with van der Waals surface area (Å²) in [6.07, 6.45) is 1.51. The molecule has 4 aromatic rings. The van der Waals surface area contributed by atoms with Crippen LogP contribution in [-0.4, -0.2) is 30.5 Å². The van der Waals surface area contributed by atoms with E-state index in [4.69, 9.17) is 13.9 Å². The second kappa shape index (κ2) is 8.16. The van der Waals surface area contributed by atoms with Crippen molar-refractivity contribution in [2.24, 2.45) is 0 Å². The molecule has 0 spiro atoms. The number of ether oxygens (including phenoxy) is 2. The quantitative estimate of drug-likeness (QED) is 0.342. The smallest absolute Gasteiger partial charge is 0.339 e. The van der Waals surface area contributed by atoms with Crippen molar-refractivity contribution in [1.29, 1.82) is 0 Å². The molecule has 2 heterocycles. The molecule has 150 valence electrons. The average molecular weight is 405 g/mol. The van der Waals surface area contributed by atoms with Crippen LogP contribution in [0.1, 0.15) is 20.7 Å². The molecule has 0 unspecified atom stereocenters. The zero-order valence-electron chi connectivity index (χ0n) is 15.9. The van der Waals surface area contributed by atoms with Crippen molar-refractivity contribution < 1.29 is 27.9 Å². The highest BCUT2D eigenvalue weighted by atomic mass is 19.1. The third kappa shape index (κ3) is 3.77. The Labute approximate surface area is 170 Å². The zero-order chi connectivity index (χ0) is 21.1. The minimum atomic E-state index is -0.691. The number of pyridine rings is 1. The maximum Gasteiger partial charge on any atom is 0.339 e. The van der Waals surface area contributed by atoms with Gasteiger partial charge in [0.2, 0.25) is 0 Å². The second-order valence-electron chi connectivity index (χ2n) is 6.40. The number of esters is 1. The van der Waals surface area contributed by atoms with Gasteiger partial charge in [0.15, 0.2) is 29.7 Å². The number of carbonyl (C=O) groups excluding carboxylic acids is 2. The summed E-state index contributed by atoms with van der Waals surface area (Å²) in [6.45, 7) is -0.530. The molecule has 7 heteroatoms. The summed E-state index contributed by atoms with van der Waals surface area (Å²) >= 11 is 0. The van der Waals surface area contributed by atoms with E-state index >= 15 is 0 Å². The lowest BCUT2D eigenvalue weighted by atomic mass is 10.1. The molecule has 0 radical (unpaired) electrons. The Balaban J connectivity index is 1.59. The minimum absolute atomic E-state index is 0.0252. The van der Waals surface area contributed by atoms with Crippen LogP contribution in [0.3, 0.4) is 0 Å². The van der Waals surface area contributed by atoms with Gasteiger partial charge in [0, 0.05) is 10.9 Å². The van der Waals surface area contributed by atoms with Gasteiger partial charge in [-0.2, -0.15) is 0 Å². The Morgan fingerprint density at radius 2 is 1.90 bits per heavy atom. The third-order valence-electron chi connectivity index (χ3n) is 4.52. The lowest BCUT2D eigenvalue weighted by Gasteiger charge is -2.09. The molecule has 6 nitrogen and oxygen atoms in total. The van der Waals surface area contributed by atoms with Crippen molar-refractivity contribution in [1.82, 2.24) is 4.98 Å². The van der Waals surface area contributed by atoms with Crippen LogP contribution in [0.2, 0.25) is 0 Å². The van der Waals surface area contributed by atoms with Crippen molar-refractivity contribution in [2.75, 3.05) is 13.7 Å². The first-order valence-corrected chi connectivity index (χ1v) is 9.04. The first-order chi connectivity index (χ1) is 14.6. The van der Waals surface area contributed by atoms with E-state index in [-0.39, 0.29) is 16.9 Å². The van der Waals surface area contributed by atoms with Crippen LogP contribution in [-0.2, 0) is 4.74 Å². The highest BCUT2D eigenvalue weighted by molar-refractivity contribution is 6.06. The number of halogens is 1. The van der Waals surface area contributed by atoms with Gasteiger partial charge in [-0.3, -0.25) is 4.79 Å². The van der Waals surface area contributed by atoms with Gasteiger partial charge in [-0.15, -0.1) is 0 Å². The number of methoxy groups -OCH3 is 1. The van der Waals surface area contributed by atoms with E-state index < -0.39 is 24.2 Å². The Morgan fingerprint density at radius 3 is 2.63 bits per heavy atom. The van der Waals surface area contributed by atoms with Gasteiger partial charge >= 0.3 is 5.97 Å². The molecule has 0 saturated carbocycles. The van der Waals surface area contributed by atoms with E-state index in [0.29, 0.717) is 22.4 Å². The number of benzene rings is 2. The summed E-state index contributed by atoms with van der Waals surface area (Å²) in [5.41, 5.74) is 1.38. The Hall–Kier alpha value is -4.00. The lowest BCUT2D eigenvalue weighted by Crippen LogP contribution is -2.15. The second-order valence-corrected chi connectivity index (χ2v) is 6.40. The van der Waals surface area contributed by atoms with Gasteiger partial charge in [0.1, 0.15) is 5.69 Å². The van der Waals surface area contributed by atoms with Crippen LogP contribution in [0.4, 0.5) is 4.39 Å². The molecule has 0 atom stereocenters. The molecular weight excluding hydrogens is 389 g/mol. The summed E-state index contributed by atoms with van der Waals surface area (Å²) in [6, 6.07) is 15.9. The number of rotatable bonds is 6. The number of hydrogen-bond donors (Lipinski definition) is 0. The van der Waals surface area contributed by atoms with Gasteiger partial charge in [-0.25, -0.2) is 14.2 Å². The molecule has 0 amide bonds. The number of nitrogens with zero attached hydrogens (tertiary/aromatic N) is 1. The SMILES string of the molecule is COc1ccc(C(=O)COC(=O)c2cc(-c3ccco3)nc3ccccc23)cc1F. The third-order valence-corrected chi connectivity index (χ3v) is 4.52. The van der Waals surface area contributed by atoms with Gasteiger partial charge in [0.25, 0.3) is 0 Å². The number of aromatic nitrogens is 1. The van der Waals surface area contributed by atoms with Crippen molar-refractivity contribution in [3.05, 3.63) is 83.9 Å². The predicted octanol–water partition coefficient (Wildman–Crippen LogP) is 4.68. The molecule has 0 bridgehead atoms. The number of ketones is 1. The molecule has 2 aromatic carbocycles. The summed E-state index contributed by atoms with van der Waals surface area (Å²) in [4.78, 5) is 29.6. The number of furan rings is 1. The number of hydrogen-bond acceptors (Lipinski definition) is 6. The standard InChI is InChI=1S/C23H16FNO5/c1-28-21-9-8-14(11-17(21)24)20(26)13-30-23(27)16-12-19(22-7-4-10-29-22)25-18-6-3-2-5-15(16)18/h2-12H,13H2,1H3. The molecule has 0 saturated heterocycles. The van der Waals surface area contributed by atoms with Gasteiger partial charge in [-0.1, -0.05) is 18.2 Å². The van der Waals surface area contributed by atoms with E-state index in [1.807, 2.05) is 0 Å². The predicted molar refractivity (Wildman–Crippen MR) is 107 cm³/mol. The Kier molecular flexibility index (Phi) is 5.26. The topological polar surface area (TPSA) is 78.6 Å². The van der Waals surface area contributed by atoms with Gasteiger partial charge in [-0.05, 0) is 42.5 Å². The number of fused-ring (bicyclic) bond motifs is 1. The summed E-state index contributed by atoms with van der Waals surface area (Å²) < 4.78 is 29.3. The van der Waals surface area contributed by atoms with E-state index in [2.05, 4.69) is 4.98 Å².